The molecule has 0 radical (unpaired) electrons. The zero-order valence-electron chi connectivity index (χ0n) is 11.6. The second-order valence-electron chi connectivity index (χ2n) is 5.39. The van der Waals surface area contributed by atoms with E-state index in [0.29, 0.717) is 36.3 Å². The highest BCUT2D eigenvalue weighted by molar-refractivity contribution is 5.98. The standard InChI is InChI=1S/C15H20N2O3/c1-10-5-6-11(9-16-10)17-15(18)12-3-2-4-13-14(12)20-8-7-19-13/h2-4,10-11,16H,5-9H2,1H3,(H,17,18). The number of carbonyl (C=O) groups is 1. The van der Waals surface area contributed by atoms with E-state index in [1.54, 1.807) is 6.07 Å². The summed E-state index contributed by atoms with van der Waals surface area (Å²) in [5.74, 6) is 1.13. The Balaban J connectivity index is 1.71. The summed E-state index contributed by atoms with van der Waals surface area (Å²) < 4.78 is 11.1. The van der Waals surface area contributed by atoms with Crippen molar-refractivity contribution in [3.63, 3.8) is 0 Å². The summed E-state index contributed by atoms with van der Waals surface area (Å²) in [6.45, 7) is 4.00. The van der Waals surface area contributed by atoms with Crippen LogP contribution < -0.4 is 20.1 Å². The van der Waals surface area contributed by atoms with E-state index in [1.807, 2.05) is 12.1 Å². The maximum absolute atomic E-state index is 12.4. The number of nitrogens with one attached hydrogen (secondary N) is 2. The Morgan fingerprint density at radius 1 is 1.30 bits per heavy atom. The van der Waals surface area contributed by atoms with Gasteiger partial charge < -0.3 is 20.1 Å². The summed E-state index contributed by atoms with van der Waals surface area (Å²) >= 11 is 0. The second kappa shape index (κ2) is 5.71. The fourth-order valence-corrected chi connectivity index (χ4v) is 2.64. The molecule has 2 heterocycles. The number of ether oxygens (including phenoxy) is 2. The third kappa shape index (κ3) is 2.72. The molecule has 1 amide bonds. The largest absolute Gasteiger partial charge is 0.486 e. The van der Waals surface area contributed by atoms with Gasteiger partial charge in [-0.1, -0.05) is 6.07 Å². The van der Waals surface area contributed by atoms with E-state index in [-0.39, 0.29) is 11.9 Å². The Kier molecular flexibility index (Phi) is 3.78. The molecule has 2 unspecified atom stereocenters. The zero-order valence-corrected chi connectivity index (χ0v) is 11.6. The van der Waals surface area contributed by atoms with Gasteiger partial charge in [0.1, 0.15) is 13.2 Å². The SMILES string of the molecule is CC1CCC(NC(=O)c2cccc3c2OCCO3)CN1. The van der Waals surface area contributed by atoms with Crippen LogP contribution in [0, 0.1) is 0 Å². The molecule has 0 saturated carbocycles. The van der Waals surface area contributed by atoms with Gasteiger partial charge in [0, 0.05) is 18.6 Å². The van der Waals surface area contributed by atoms with E-state index in [9.17, 15) is 4.79 Å². The number of benzene rings is 1. The molecule has 1 aromatic rings. The highest BCUT2D eigenvalue weighted by Gasteiger charge is 2.24. The van der Waals surface area contributed by atoms with Crippen LogP contribution in [0.4, 0.5) is 0 Å². The average molecular weight is 276 g/mol. The monoisotopic (exact) mass is 276 g/mol. The van der Waals surface area contributed by atoms with Crippen molar-refractivity contribution < 1.29 is 14.3 Å². The average Bonchev–Trinajstić information content (AvgIpc) is 2.49. The second-order valence-corrected chi connectivity index (χ2v) is 5.39. The third-order valence-corrected chi connectivity index (χ3v) is 3.81. The molecule has 2 aliphatic rings. The number of hydrogen-bond donors (Lipinski definition) is 2. The minimum Gasteiger partial charge on any atom is -0.486 e. The van der Waals surface area contributed by atoms with Gasteiger partial charge in [0.25, 0.3) is 5.91 Å². The summed E-state index contributed by atoms with van der Waals surface area (Å²) in [7, 11) is 0. The smallest absolute Gasteiger partial charge is 0.255 e. The first-order chi connectivity index (χ1) is 9.74. The maximum Gasteiger partial charge on any atom is 0.255 e. The lowest BCUT2D eigenvalue weighted by atomic mass is 10.0. The normalized spacial score (nSPS) is 25.1. The first kappa shape index (κ1) is 13.2. The van der Waals surface area contributed by atoms with Gasteiger partial charge in [0.15, 0.2) is 11.5 Å². The van der Waals surface area contributed by atoms with Crippen molar-refractivity contribution in [3.05, 3.63) is 23.8 Å². The summed E-state index contributed by atoms with van der Waals surface area (Å²) in [6, 6.07) is 6.14. The van der Waals surface area contributed by atoms with E-state index >= 15 is 0 Å². The highest BCUT2D eigenvalue weighted by Crippen LogP contribution is 2.33. The molecule has 1 aromatic carbocycles. The molecule has 0 bridgehead atoms. The van der Waals surface area contributed by atoms with Crippen molar-refractivity contribution >= 4 is 5.91 Å². The number of amides is 1. The van der Waals surface area contributed by atoms with Crippen molar-refractivity contribution in [1.82, 2.24) is 10.6 Å². The van der Waals surface area contributed by atoms with E-state index in [2.05, 4.69) is 17.6 Å². The molecule has 0 aromatic heterocycles. The first-order valence-electron chi connectivity index (χ1n) is 7.17. The fraction of sp³-hybridized carbons (Fsp3) is 0.533. The Morgan fingerprint density at radius 3 is 2.95 bits per heavy atom. The molecule has 5 heteroatoms. The molecule has 0 spiro atoms. The molecule has 5 nitrogen and oxygen atoms in total. The predicted octanol–water partition coefficient (Wildman–Crippen LogP) is 1.33. The number of carbonyl (C=O) groups excluding carboxylic acids is 1. The molecular weight excluding hydrogens is 256 g/mol. The summed E-state index contributed by atoms with van der Waals surface area (Å²) in [5.41, 5.74) is 0.556. The van der Waals surface area contributed by atoms with Gasteiger partial charge in [-0.05, 0) is 31.9 Å². The first-order valence-corrected chi connectivity index (χ1v) is 7.17. The van der Waals surface area contributed by atoms with E-state index in [4.69, 9.17) is 9.47 Å². The van der Waals surface area contributed by atoms with Crippen LogP contribution >= 0.6 is 0 Å². The van der Waals surface area contributed by atoms with E-state index in [1.165, 1.54) is 0 Å². The van der Waals surface area contributed by atoms with Gasteiger partial charge in [0.05, 0.1) is 5.56 Å². The Labute approximate surface area is 118 Å². The molecule has 1 saturated heterocycles. The van der Waals surface area contributed by atoms with Crippen LogP contribution in [-0.4, -0.2) is 37.7 Å². The lowest BCUT2D eigenvalue weighted by Gasteiger charge is -2.28. The van der Waals surface area contributed by atoms with Gasteiger partial charge in [-0.3, -0.25) is 4.79 Å². The van der Waals surface area contributed by atoms with Crippen LogP contribution in [0.3, 0.4) is 0 Å². The molecule has 2 atom stereocenters. The molecule has 3 rings (SSSR count). The van der Waals surface area contributed by atoms with Crippen LogP contribution in [0.2, 0.25) is 0 Å². The predicted molar refractivity (Wildman–Crippen MR) is 75.4 cm³/mol. The minimum absolute atomic E-state index is 0.0892. The molecule has 0 aliphatic carbocycles. The van der Waals surface area contributed by atoms with Crippen LogP contribution in [0.1, 0.15) is 30.1 Å². The van der Waals surface area contributed by atoms with Crippen molar-refractivity contribution in [2.45, 2.75) is 31.8 Å². The van der Waals surface area contributed by atoms with Gasteiger partial charge in [-0.25, -0.2) is 0 Å². The van der Waals surface area contributed by atoms with Crippen LogP contribution in [0.15, 0.2) is 18.2 Å². The Morgan fingerprint density at radius 2 is 2.15 bits per heavy atom. The van der Waals surface area contributed by atoms with E-state index in [0.717, 1.165) is 19.4 Å². The molecule has 108 valence electrons. The summed E-state index contributed by atoms with van der Waals surface area (Å²) in [5, 5.41) is 6.45. The van der Waals surface area contributed by atoms with Crippen molar-refractivity contribution in [3.8, 4) is 11.5 Å². The lowest BCUT2D eigenvalue weighted by Crippen LogP contribution is -2.48. The van der Waals surface area contributed by atoms with Crippen molar-refractivity contribution in [2.24, 2.45) is 0 Å². The van der Waals surface area contributed by atoms with Crippen LogP contribution in [0.5, 0.6) is 11.5 Å². The number of piperidine rings is 1. The fourth-order valence-electron chi connectivity index (χ4n) is 2.64. The lowest BCUT2D eigenvalue weighted by molar-refractivity contribution is 0.0916. The van der Waals surface area contributed by atoms with Gasteiger partial charge in [0.2, 0.25) is 0 Å². The molecular formula is C15H20N2O3. The zero-order chi connectivity index (χ0) is 13.9. The number of hydrogen-bond acceptors (Lipinski definition) is 4. The summed E-state index contributed by atoms with van der Waals surface area (Å²) in [6.07, 6.45) is 2.09. The molecule has 2 aliphatic heterocycles. The summed E-state index contributed by atoms with van der Waals surface area (Å²) in [4.78, 5) is 12.4. The quantitative estimate of drug-likeness (QED) is 0.855. The number of fused-ring (bicyclic) bond motifs is 1. The van der Waals surface area contributed by atoms with Crippen LogP contribution in [-0.2, 0) is 0 Å². The topological polar surface area (TPSA) is 59.6 Å². The van der Waals surface area contributed by atoms with Crippen molar-refractivity contribution in [2.75, 3.05) is 19.8 Å². The van der Waals surface area contributed by atoms with Gasteiger partial charge in [-0.15, -0.1) is 0 Å². The number of para-hydroxylation sites is 1. The maximum atomic E-state index is 12.4. The highest BCUT2D eigenvalue weighted by atomic mass is 16.6. The van der Waals surface area contributed by atoms with Gasteiger partial charge in [-0.2, -0.15) is 0 Å². The van der Waals surface area contributed by atoms with Gasteiger partial charge >= 0.3 is 0 Å². The van der Waals surface area contributed by atoms with E-state index < -0.39 is 0 Å². The number of rotatable bonds is 2. The molecule has 1 fully saturated rings. The molecule has 20 heavy (non-hydrogen) atoms. The van der Waals surface area contributed by atoms with Crippen molar-refractivity contribution in [1.29, 1.82) is 0 Å². The minimum atomic E-state index is -0.0892. The van der Waals surface area contributed by atoms with Crippen LogP contribution in [0.25, 0.3) is 0 Å². The Bertz CT molecular complexity index is 496. The molecule has 2 N–H and O–H groups in total. The third-order valence-electron chi connectivity index (χ3n) is 3.81. The Hall–Kier alpha value is -1.75.